The Hall–Kier alpha value is -2.87. The number of ether oxygens (including phenoxy) is 1. The van der Waals surface area contributed by atoms with Gasteiger partial charge in [-0.15, -0.1) is 0 Å². The first kappa shape index (κ1) is 24.8. The predicted octanol–water partition coefficient (Wildman–Crippen LogP) is 2.20. The Morgan fingerprint density at radius 1 is 1.15 bits per heavy atom. The highest BCUT2D eigenvalue weighted by molar-refractivity contribution is 6.02. The second kappa shape index (κ2) is 10.8. The van der Waals surface area contributed by atoms with Gasteiger partial charge in [-0.2, -0.15) is 0 Å². The fourth-order valence-electron chi connectivity index (χ4n) is 5.28. The van der Waals surface area contributed by atoms with E-state index in [-0.39, 0.29) is 30.2 Å². The number of rotatable bonds is 9. The van der Waals surface area contributed by atoms with Gasteiger partial charge in [0.15, 0.2) is 0 Å². The number of anilines is 1. The lowest BCUT2D eigenvalue weighted by molar-refractivity contribution is -0.142. The van der Waals surface area contributed by atoms with Crippen molar-refractivity contribution in [2.24, 2.45) is 23.7 Å². The third-order valence-electron chi connectivity index (χ3n) is 6.92. The number of hydrogen-bond acceptors (Lipinski definition) is 5. The second-order valence-electron chi connectivity index (χ2n) is 8.73. The van der Waals surface area contributed by atoms with Gasteiger partial charge in [0.05, 0.1) is 31.6 Å². The van der Waals surface area contributed by atoms with Crippen LogP contribution >= 0.6 is 0 Å². The Bertz CT molecular complexity index is 881. The average Bonchev–Trinajstić information content (AvgIpc) is 3.12. The van der Waals surface area contributed by atoms with E-state index in [2.05, 4.69) is 10.6 Å². The predicted molar refractivity (Wildman–Crippen MR) is 125 cm³/mol. The monoisotopic (exact) mass is 457 g/mol. The number of aliphatic hydroxyl groups is 1. The average molecular weight is 458 g/mol. The second-order valence-corrected chi connectivity index (χ2v) is 8.73. The SMILES string of the molecule is CCC[C@@H]1C=C[C@H]2[C@@H](C(=O)N([C@@H](CC)CO)[C@@H]2C(=O)Nc2ccc(OC)cc2)[C@@H]1C(=O)NC. The van der Waals surface area contributed by atoms with Crippen LogP contribution in [0.2, 0.25) is 0 Å². The molecule has 1 aliphatic heterocycles. The molecule has 1 aromatic carbocycles. The van der Waals surface area contributed by atoms with Crippen molar-refractivity contribution in [2.45, 2.75) is 45.2 Å². The molecule has 0 aromatic heterocycles. The smallest absolute Gasteiger partial charge is 0.247 e. The van der Waals surface area contributed by atoms with Crippen molar-refractivity contribution in [1.29, 1.82) is 0 Å². The van der Waals surface area contributed by atoms with Crippen molar-refractivity contribution in [2.75, 3.05) is 26.1 Å². The van der Waals surface area contributed by atoms with Gasteiger partial charge in [0, 0.05) is 18.7 Å². The Labute approximate surface area is 195 Å². The van der Waals surface area contributed by atoms with Crippen LogP contribution in [0.3, 0.4) is 0 Å². The minimum atomic E-state index is -0.812. The minimum absolute atomic E-state index is 0.0698. The lowest BCUT2D eigenvalue weighted by atomic mass is 9.68. The summed E-state index contributed by atoms with van der Waals surface area (Å²) in [5, 5.41) is 15.6. The quantitative estimate of drug-likeness (QED) is 0.493. The molecule has 0 spiro atoms. The molecule has 0 radical (unpaired) electrons. The summed E-state index contributed by atoms with van der Waals surface area (Å²) in [6.45, 7) is 3.68. The fourth-order valence-corrected chi connectivity index (χ4v) is 5.28. The van der Waals surface area contributed by atoms with Gasteiger partial charge in [-0.1, -0.05) is 32.4 Å². The molecule has 2 aliphatic rings. The van der Waals surface area contributed by atoms with Crippen LogP contribution in [0.25, 0.3) is 0 Å². The van der Waals surface area contributed by atoms with Crippen molar-refractivity contribution < 1.29 is 24.2 Å². The van der Waals surface area contributed by atoms with Crippen LogP contribution in [0.5, 0.6) is 5.75 Å². The van der Waals surface area contributed by atoms with Crippen molar-refractivity contribution >= 4 is 23.4 Å². The Morgan fingerprint density at radius 2 is 1.85 bits per heavy atom. The summed E-state index contributed by atoms with van der Waals surface area (Å²) in [5.74, 6) is -1.80. The first-order valence-corrected chi connectivity index (χ1v) is 11.7. The van der Waals surface area contributed by atoms with Gasteiger partial charge in [-0.25, -0.2) is 0 Å². The van der Waals surface area contributed by atoms with Gasteiger partial charge in [0.2, 0.25) is 17.7 Å². The molecule has 3 amide bonds. The van der Waals surface area contributed by atoms with E-state index in [0.29, 0.717) is 17.9 Å². The van der Waals surface area contributed by atoms with E-state index < -0.39 is 29.8 Å². The van der Waals surface area contributed by atoms with Gasteiger partial charge in [0.1, 0.15) is 11.8 Å². The largest absolute Gasteiger partial charge is 0.497 e. The Morgan fingerprint density at radius 3 is 2.39 bits per heavy atom. The molecule has 6 atom stereocenters. The number of nitrogens with zero attached hydrogens (tertiary/aromatic N) is 1. The molecule has 1 saturated heterocycles. The molecule has 180 valence electrons. The van der Waals surface area contributed by atoms with Crippen molar-refractivity contribution in [3.05, 3.63) is 36.4 Å². The van der Waals surface area contributed by atoms with Crippen LogP contribution in [0, 0.1) is 23.7 Å². The highest BCUT2D eigenvalue weighted by Crippen LogP contribution is 2.46. The van der Waals surface area contributed by atoms with E-state index in [1.165, 1.54) is 4.90 Å². The highest BCUT2D eigenvalue weighted by Gasteiger charge is 2.58. The van der Waals surface area contributed by atoms with Crippen LogP contribution in [0.15, 0.2) is 36.4 Å². The summed E-state index contributed by atoms with van der Waals surface area (Å²) >= 11 is 0. The molecular weight excluding hydrogens is 422 g/mol. The number of benzene rings is 1. The van der Waals surface area contributed by atoms with Gasteiger partial charge in [-0.3, -0.25) is 14.4 Å². The first-order chi connectivity index (χ1) is 15.9. The van der Waals surface area contributed by atoms with E-state index in [4.69, 9.17) is 4.74 Å². The van der Waals surface area contributed by atoms with E-state index in [0.717, 1.165) is 12.8 Å². The molecular formula is C25H35N3O5. The molecule has 33 heavy (non-hydrogen) atoms. The lowest BCUT2D eigenvalue weighted by Crippen LogP contribution is -2.50. The number of allylic oxidation sites excluding steroid dienone is 1. The van der Waals surface area contributed by atoms with Crippen molar-refractivity contribution in [1.82, 2.24) is 10.2 Å². The Balaban J connectivity index is 2.00. The van der Waals surface area contributed by atoms with Gasteiger partial charge < -0.3 is 25.4 Å². The normalized spacial score (nSPS) is 27.1. The van der Waals surface area contributed by atoms with E-state index in [9.17, 15) is 19.5 Å². The third-order valence-corrected chi connectivity index (χ3v) is 6.92. The number of carbonyl (C=O) groups excluding carboxylic acids is 3. The summed E-state index contributed by atoms with van der Waals surface area (Å²) in [6, 6.07) is 5.65. The zero-order valence-electron chi connectivity index (χ0n) is 19.8. The maximum absolute atomic E-state index is 13.7. The van der Waals surface area contributed by atoms with Gasteiger partial charge in [-0.05, 0) is 43.0 Å². The molecule has 0 unspecified atom stereocenters. The molecule has 8 heteroatoms. The van der Waals surface area contributed by atoms with Crippen LogP contribution in [0.1, 0.15) is 33.1 Å². The maximum atomic E-state index is 13.7. The molecule has 1 heterocycles. The Kier molecular flexibility index (Phi) is 8.13. The molecule has 8 nitrogen and oxygen atoms in total. The highest BCUT2D eigenvalue weighted by atomic mass is 16.5. The summed E-state index contributed by atoms with van der Waals surface area (Å²) in [7, 11) is 3.14. The summed E-state index contributed by atoms with van der Waals surface area (Å²) in [5.41, 5.74) is 0.584. The van der Waals surface area contributed by atoms with Crippen LogP contribution in [0.4, 0.5) is 5.69 Å². The minimum Gasteiger partial charge on any atom is -0.497 e. The third kappa shape index (κ3) is 4.76. The summed E-state index contributed by atoms with van der Waals surface area (Å²) in [4.78, 5) is 41.7. The zero-order valence-corrected chi connectivity index (χ0v) is 19.8. The van der Waals surface area contributed by atoms with Gasteiger partial charge >= 0.3 is 0 Å². The number of fused-ring (bicyclic) bond motifs is 1. The summed E-state index contributed by atoms with van der Waals surface area (Å²) in [6.07, 6.45) is 6.10. The molecule has 1 fully saturated rings. The molecule has 3 N–H and O–H groups in total. The number of methoxy groups -OCH3 is 1. The fraction of sp³-hybridized carbons (Fsp3) is 0.560. The molecule has 3 rings (SSSR count). The molecule has 1 aliphatic carbocycles. The van der Waals surface area contributed by atoms with E-state index >= 15 is 0 Å². The summed E-state index contributed by atoms with van der Waals surface area (Å²) < 4.78 is 5.17. The van der Waals surface area contributed by atoms with Crippen molar-refractivity contribution in [3.8, 4) is 5.75 Å². The van der Waals surface area contributed by atoms with E-state index in [1.807, 2.05) is 26.0 Å². The number of hydrogen-bond donors (Lipinski definition) is 3. The number of nitrogens with one attached hydrogen (secondary N) is 2. The lowest BCUT2D eigenvalue weighted by Gasteiger charge is -2.34. The molecule has 0 bridgehead atoms. The molecule has 0 saturated carbocycles. The topological polar surface area (TPSA) is 108 Å². The number of amides is 3. The standard InChI is InChI=1S/C25H35N3O5/c1-5-7-15-8-13-19-21(20(15)23(30)26-3)25(32)28(17(6-2)14-29)22(19)24(31)27-16-9-11-18(33-4)12-10-16/h8-13,15,17,19-22,29H,5-7,14H2,1-4H3,(H,26,30)(H,27,31)/t15-,17+,19+,20-,21-,22+/m1/s1. The number of likely N-dealkylation sites (tertiary alicyclic amines) is 1. The van der Waals surface area contributed by atoms with Crippen LogP contribution < -0.4 is 15.4 Å². The zero-order chi connectivity index (χ0) is 24.1. The van der Waals surface area contributed by atoms with E-state index in [1.54, 1.807) is 38.4 Å². The van der Waals surface area contributed by atoms with Gasteiger partial charge in [0.25, 0.3) is 0 Å². The maximum Gasteiger partial charge on any atom is 0.247 e. The van der Waals surface area contributed by atoms with Crippen LogP contribution in [-0.4, -0.2) is 60.6 Å². The van der Waals surface area contributed by atoms with Crippen LogP contribution in [-0.2, 0) is 14.4 Å². The number of carbonyl (C=O) groups is 3. The van der Waals surface area contributed by atoms with Crippen molar-refractivity contribution in [3.63, 3.8) is 0 Å². The first-order valence-electron chi connectivity index (χ1n) is 11.7. The number of aliphatic hydroxyl groups excluding tert-OH is 1. The molecule has 1 aromatic rings.